The van der Waals surface area contributed by atoms with Crippen molar-refractivity contribution in [3.8, 4) is 11.5 Å². The minimum absolute atomic E-state index is 0.191. The molecule has 0 aliphatic heterocycles. The molecular weight excluding hydrogens is 386 g/mol. The van der Waals surface area contributed by atoms with E-state index >= 15 is 0 Å². The van der Waals surface area contributed by atoms with Crippen LogP contribution in [-0.2, 0) is 11.3 Å². The number of fused-ring (bicyclic) bond motifs is 1. The SMILES string of the molecule is CCCn1nc(C(=O)Nc2ccc(OC)c(OCCOC)c2)c2ccccc2c1=O. The van der Waals surface area contributed by atoms with Crippen molar-refractivity contribution in [1.82, 2.24) is 9.78 Å². The highest BCUT2D eigenvalue weighted by Crippen LogP contribution is 2.30. The Balaban J connectivity index is 1.94. The summed E-state index contributed by atoms with van der Waals surface area (Å²) in [6.07, 6.45) is 0.729. The molecule has 3 rings (SSSR count). The quantitative estimate of drug-likeness (QED) is 0.544. The zero-order chi connectivity index (χ0) is 21.5. The second-order valence-electron chi connectivity index (χ2n) is 6.58. The molecule has 0 saturated heterocycles. The summed E-state index contributed by atoms with van der Waals surface area (Å²) in [6.45, 7) is 3.16. The lowest BCUT2D eigenvalue weighted by atomic mass is 10.1. The number of methoxy groups -OCH3 is 2. The number of carbonyl (C=O) groups excluding carboxylic acids is 1. The third-order valence-corrected chi connectivity index (χ3v) is 4.48. The first-order valence-electron chi connectivity index (χ1n) is 9.70. The Kier molecular flexibility index (Phi) is 7.03. The van der Waals surface area contributed by atoms with Crippen molar-refractivity contribution in [2.24, 2.45) is 0 Å². The van der Waals surface area contributed by atoms with Crippen LogP contribution in [0, 0.1) is 0 Å². The van der Waals surface area contributed by atoms with Gasteiger partial charge in [-0.05, 0) is 24.6 Å². The first-order chi connectivity index (χ1) is 14.6. The molecule has 0 radical (unpaired) electrons. The Morgan fingerprint density at radius 3 is 2.53 bits per heavy atom. The van der Waals surface area contributed by atoms with Crippen LogP contribution >= 0.6 is 0 Å². The topological polar surface area (TPSA) is 91.7 Å². The van der Waals surface area contributed by atoms with E-state index < -0.39 is 5.91 Å². The van der Waals surface area contributed by atoms with E-state index in [4.69, 9.17) is 14.2 Å². The van der Waals surface area contributed by atoms with Gasteiger partial charge in [-0.1, -0.05) is 25.1 Å². The molecule has 0 unspecified atom stereocenters. The molecule has 2 aromatic carbocycles. The van der Waals surface area contributed by atoms with E-state index in [0.717, 1.165) is 6.42 Å². The van der Waals surface area contributed by atoms with Crippen LogP contribution in [0.2, 0.25) is 0 Å². The maximum Gasteiger partial charge on any atom is 0.276 e. The maximum absolute atomic E-state index is 13.0. The number of benzene rings is 2. The van der Waals surface area contributed by atoms with E-state index in [-0.39, 0.29) is 11.3 Å². The minimum atomic E-state index is -0.413. The van der Waals surface area contributed by atoms with Gasteiger partial charge >= 0.3 is 0 Å². The number of nitrogens with zero attached hydrogens (tertiary/aromatic N) is 2. The molecule has 1 heterocycles. The number of hydrogen-bond acceptors (Lipinski definition) is 6. The highest BCUT2D eigenvalue weighted by Gasteiger charge is 2.17. The maximum atomic E-state index is 13.0. The van der Waals surface area contributed by atoms with Crippen LogP contribution < -0.4 is 20.3 Å². The van der Waals surface area contributed by atoms with E-state index in [2.05, 4.69) is 10.4 Å². The molecule has 1 aromatic heterocycles. The van der Waals surface area contributed by atoms with Crippen LogP contribution in [0.5, 0.6) is 11.5 Å². The first-order valence-corrected chi connectivity index (χ1v) is 9.70. The molecule has 3 aromatic rings. The van der Waals surface area contributed by atoms with E-state index in [1.165, 1.54) is 4.68 Å². The highest BCUT2D eigenvalue weighted by atomic mass is 16.5. The number of ether oxygens (including phenoxy) is 3. The Bertz CT molecular complexity index is 1090. The average molecular weight is 411 g/mol. The summed E-state index contributed by atoms with van der Waals surface area (Å²) in [5.74, 6) is 0.620. The summed E-state index contributed by atoms with van der Waals surface area (Å²) in [4.78, 5) is 25.7. The van der Waals surface area contributed by atoms with Crippen molar-refractivity contribution >= 4 is 22.4 Å². The van der Waals surface area contributed by atoms with Gasteiger partial charge in [-0.2, -0.15) is 5.10 Å². The summed E-state index contributed by atoms with van der Waals surface area (Å²) in [5, 5.41) is 8.13. The number of aromatic nitrogens is 2. The molecular formula is C22H25N3O5. The normalized spacial score (nSPS) is 10.8. The molecule has 0 saturated carbocycles. The molecule has 1 N–H and O–H groups in total. The third kappa shape index (κ3) is 4.60. The molecule has 0 aliphatic rings. The van der Waals surface area contributed by atoms with Crippen molar-refractivity contribution in [1.29, 1.82) is 0 Å². The smallest absolute Gasteiger partial charge is 0.276 e. The van der Waals surface area contributed by atoms with Gasteiger partial charge < -0.3 is 19.5 Å². The monoisotopic (exact) mass is 411 g/mol. The number of carbonyl (C=O) groups is 1. The second kappa shape index (κ2) is 9.89. The lowest BCUT2D eigenvalue weighted by molar-refractivity contribution is 0.102. The van der Waals surface area contributed by atoms with Gasteiger partial charge in [0.1, 0.15) is 6.61 Å². The first kappa shape index (κ1) is 21.3. The molecule has 0 bridgehead atoms. The Hall–Kier alpha value is -3.39. The molecule has 0 atom stereocenters. The fourth-order valence-corrected chi connectivity index (χ4v) is 3.06. The van der Waals surface area contributed by atoms with Gasteiger partial charge in [0.2, 0.25) is 0 Å². The Morgan fingerprint density at radius 1 is 1.07 bits per heavy atom. The van der Waals surface area contributed by atoms with E-state index in [1.807, 2.05) is 6.92 Å². The van der Waals surface area contributed by atoms with Crippen molar-refractivity contribution < 1.29 is 19.0 Å². The van der Waals surface area contributed by atoms with E-state index in [0.29, 0.717) is 47.7 Å². The molecule has 0 aliphatic carbocycles. The minimum Gasteiger partial charge on any atom is -0.493 e. The molecule has 158 valence electrons. The number of anilines is 1. The summed E-state index contributed by atoms with van der Waals surface area (Å²) in [6, 6.07) is 12.1. The van der Waals surface area contributed by atoms with Gasteiger partial charge in [0.15, 0.2) is 17.2 Å². The van der Waals surface area contributed by atoms with Crippen molar-refractivity contribution in [2.75, 3.05) is 32.8 Å². The lowest BCUT2D eigenvalue weighted by Gasteiger charge is -2.14. The third-order valence-electron chi connectivity index (χ3n) is 4.48. The average Bonchev–Trinajstić information content (AvgIpc) is 2.76. The van der Waals surface area contributed by atoms with Gasteiger partial charge in [-0.25, -0.2) is 4.68 Å². The summed E-state index contributed by atoms with van der Waals surface area (Å²) in [5.41, 5.74) is 0.505. The summed E-state index contributed by atoms with van der Waals surface area (Å²) >= 11 is 0. The van der Waals surface area contributed by atoms with Crippen LogP contribution in [0.15, 0.2) is 47.3 Å². The van der Waals surface area contributed by atoms with Crippen LogP contribution in [-0.4, -0.2) is 43.1 Å². The number of aryl methyl sites for hydroxylation is 1. The van der Waals surface area contributed by atoms with Gasteiger partial charge in [0.05, 0.1) is 19.1 Å². The molecule has 1 amide bonds. The molecule has 0 fully saturated rings. The highest BCUT2D eigenvalue weighted by molar-refractivity contribution is 6.11. The van der Waals surface area contributed by atoms with Crippen molar-refractivity contribution in [2.45, 2.75) is 19.9 Å². The number of rotatable bonds is 9. The van der Waals surface area contributed by atoms with Gasteiger partial charge in [-0.15, -0.1) is 0 Å². The lowest BCUT2D eigenvalue weighted by Crippen LogP contribution is -2.27. The van der Waals surface area contributed by atoms with Crippen LogP contribution in [0.1, 0.15) is 23.8 Å². The number of nitrogens with one attached hydrogen (secondary N) is 1. The zero-order valence-corrected chi connectivity index (χ0v) is 17.3. The van der Waals surface area contributed by atoms with Gasteiger partial charge in [0.25, 0.3) is 11.5 Å². The fourth-order valence-electron chi connectivity index (χ4n) is 3.06. The van der Waals surface area contributed by atoms with Gasteiger partial charge in [0, 0.05) is 30.8 Å². The Labute approximate surface area is 174 Å². The van der Waals surface area contributed by atoms with Crippen LogP contribution in [0.4, 0.5) is 5.69 Å². The molecule has 8 nitrogen and oxygen atoms in total. The predicted octanol–water partition coefficient (Wildman–Crippen LogP) is 3.09. The fraction of sp³-hybridized carbons (Fsp3) is 0.318. The molecule has 0 spiro atoms. The van der Waals surface area contributed by atoms with Gasteiger partial charge in [-0.3, -0.25) is 9.59 Å². The summed E-state index contributed by atoms with van der Waals surface area (Å²) < 4.78 is 17.3. The zero-order valence-electron chi connectivity index (χ0n) is 17.3. The van der Waals surface area contributed by atoms with Crippen molar-refractivity contribution in [3.63, 3.8) is 0 Å². The largest absolute Gasteiger partial charge is 0.493 e. The number of hydrogen-bond donors (Lipinski definition) is 1. The van der Waals surface area contributed by atoms with E-state index in [1.54, 1.807) is 56.7 Å². The number of amides is 1. The van der Waals surface area contributed by atoms with E-state index in [9.17, 15) is 9.59 Å². The molecule has 30 heavy (non-hydrogen) atoms. The second-order valence-corrected chi connectivity index (χ2v) is 6.58. The predicted molar refractivity (Wildman–Crippen MR) is 115 cm³/mol. The van der Waals surface area contributed by atoms with Crippen LogP contribution in [0.25, 0.3) is 10.8 Å². The Morgan fingerprint density at radius 2 is 1.83 bits per heavy atom. The summed E-state index contributed by atoms with van der Waals surface area (Å²) in [7, 11) is 3.14. The van der Waals surface area contributed by atoms with Crippen LogP contribution in [0.3, 0.4) is 0 Å². The van der Waals surface area contributed by atoms with Crippen molar-refractivity contribution in [3.05, 3.63) is 58.5 Å². The molecule has 8 heteroatoms. The standard InChI is InChI=1S/C22H25N3O5/c1-4-11-25-22(27)17-8-6-5-7-16(17)20(24-25)21(26)23-15-9-10-18(29-3)19(14-15)30-13-12-28-2/h5-10,14H,4,11-13H2,1-3H3,(H,23,26).